The highest BCUT2D eigenvalue weighted by Crippen LogP contribution is 2.37. The van der Waals surface area contributed by atoms with Crippen molar-refractivity contribution in [1.82, 2.24) is 0 Å². The van der Waals surface area contributed by atoms with Crippen LogP contribution in [0.25, 0.3) is 22.1 Å². The standard InChI is InChI=1S/C18H16FNO5S/c1-20(26(2,22)23)17-8-18-16(13(10-25-18)9-24-11-21)7-15(17)12-3-5-14(19)6-4-12/h3-8,10-11H,9H2,1-2H3. The molecule has 8 heteroatoms. The number of rotatable bonds is 6. The molecule has 0 aliphatic carbocycles. The SMILES string of the molecule is CN(c1cc2occ(COC=O)c2cc1-c1ccc(F)cc1)S(C)(=O)=O. The molecule has 0 atom stereocenters. The lowest BCUT2D eigenvalue weighted by Crippen LogP contribution is -2.25. The van der Waals surface area contributed by atoms with Crippen LogP contribution in [0.4, 0.5) is 10.1 Å². The second-order valence-electron chi connectivity index (χ2n) is 5.77. The first-order chi connectivity index (χ1) is 12.3. The van der Waals surface area contributed by atoms with Gasteiger partial charge in [0.1, 0.15) is 18.0 Å². The summed E-state index contributed by atoms with van der Waals surface area (Å²) in [5.74, 6) is -0.392. The fourth-order valence-corrected chi connectivity index (χ4v) is 3.16. The van der Waals surface area contributed by atoms with Crippen molar-refractivity contribution >= 4 is 33.2 Å². The number of hydrogen-bond acceptors (Lipinski definition) is 5. The molecule has 26 heavy (non-hydrogen) atoms. The molecule has 0 bridgehead atoms. The van der Waals surface area contributed by atoms with E-state index in [1.807, 2.05) is 0 Å². The summed E-state index contributed by atoms with van der Waals surface area (Å²) < 4.78 is 48.7. The molecular formula is C18H16FNO5S. The highest BCUT2D eigenvalue weighted by atomic mass is 32.2. The molecule has 3 aromatic rings. The Balaban J connectivity index is 2.25. The van der Waals surface area contributed by atoms with Crippen LogP contribution in [0.15, 0.2) is 47.1 Å². The van der Waals surface area contributed by atoms with E-state index in [0.717, 1.165) is 10.6 Å². The Morgan fingerprint density at radius 2 is 1.92 bits per heavy atom. The maximum absolute atomic E-state index is 13.3. The summed E-state index contributed by atoms with van der Waals surface area (Å²) in [6.45, 7) is 0.367. The van der Waals surface area contributed by atoms with Crippen LogP contribution in [-0.4, -0.2) is 28.2 Å². The molecule has 0 saturated heterocycles. The Labute approximate surface area is 149 Å². The van der Waals surface area contributed by atoms with Gasteiger partial charge in [-0.2, -0.15) is 0 Å². The molecule has 0 aliphatic heterocycles. The van der Waals surface area contributed by atoms with Gasteiger partial charge in [0.15, 0.2) is 0 Å². The van der Waals surface area contributed by atoms with Crippen LogP contribution in [0, 0.1) is 5.82 Å². The zero-order chi connectivity index (χ0) is 18.9. The maximum atomic E-state index is 13.3. The third-order valence-corrected chi connectivity index (χ3v) is 5.26. The summed E-state index contributed by atoms with van der Waals surface area (Å²) in [5, 5.41) is 0.678. The first-order valence-corrected chi connectivity index (χ1v) is 9.45. The number of benzene rings is 2. The number of anilines is 1. The number of furan rings is 1. The van der Waals surface area contributed by atoms with Crippen LogP contribution in [0.3, 0.4) is 0 Å². The van der Waals surface area contributed by atoms with Crippen molar-refractivity contribution < 1.29 is 26.8 Å². The minimum Gasteiger partial charge on any atom is -0.464 e. The fourth-order valence-electron chi connectivity index (χ4n) is 2.65. The van der Waals surface area contributed by atoms with E-state index in [1.165, 1.54) is 25.4 Å². The van der Waals surface area contributed by atoms with E-state index in [4.69, 9.17) is 9.15 Å². The Hall–Kier alpha value is -2.87. The summed E-state index contributed by atoms with van der Waals surface area (Å²) in [4.78, 5) is 10.4. The van der Waals surface area contributed by atoms with Crippen molar-refractivity contribution in [1.29, 1.82) is 0 Å². The third kappa shape index (κ3) is 3.41. The number of sulfonamides is 1. The van der Waals surface area contributed by atoms with Crippen molar-refractivity contribution in [2.45, 2.75) is 6.61 Å². The molecule has 0 spiro atoms. The number of fused-ring (bicyclic) bond motifs is 1. The second-order valence-corrected chi connectivity index (χ2v) is 7.78. The largest absolute Gasteiger partial charge is 0.464 e. The van der Waals surface area contributed by atoms with Crippen molar-refractivity contribution in [3.8, 4) is 11.1 Å². The average Bonchev–Trinajstić information content (AvgIpc) is 3.00. The molecule has 1 heterocycles. The van der Waals surface area contributed by atoms with Crippen molar-refractivity contribution in [2.24, 2.45) is 0 Å². The van der Waals surface area contributed by atoms with E-state index in [1.54, 1.807) is 24.3 Å². The topological polar surface area (TPSA) is 76.8 Å². The van der Waals surface area contributed by atoms with Crippen molar-refractivity contribution in [3.05, 3.63) is 54.0 Å². The van der Waals surface area contributed by atoms with Crippen LogP contribution < -0.4 is 4.31 Å². The predicted molar refractivity (Wildman–Crippen MR) is 95.7 cm³/mol. The highest BCUT2D eigenvalue weighted by Gasteiger charge is 2.20. The summed E-state index contributed by atoms with van der Waals surface area (Å²) >= 11 is 0. The van der Waals surface area contributed by atoms with Crippen LogP contribution >= 0.6 is 0 Å². The molecule has 0 amide bonds. The van der Waals surface area contributed by atoms with Crippen LogP contribution in [0.2, 0.25) is 0 Å². The van der Waals surface area contributed by atoms with Gasteiger partial charge in [0.2, 0.25) is 10.0 Å². The van der Waals surface area contributed by atoms with Gasteiger partial charge in [-0.1, -0.05) is 12.1 Å². The molecule has 0 fully saturated rings. The second kappa shape index (κ2) is 6.80. The molecule has 1 aromatic heterocycles. The Morgan fingerprint density at radius 1 is 1.23 bits per heavy atom. The molecule has 2 aromatic carbocycles. The van der Waals surface area contributed by atoms with Gasteiger partial charge in [-0.25, -0.2) is 12.8 Å². The van der Waals surface area contributed by atoms with Gasteiger partial charge < -0.3 is 9.15 Å². The van der Waals surface area contributed by atoms with Crippen LogP contribution in [0.1, 0.15) is 5.56 Å². The Morgan fingerprint density at radius 3 is 2.54 bits per heavy atom. The molecule has 0 saturated carbocycles. The lowest BCUT2D eigenvalue weighted by atomic mass is 10.0. The van der Waals surface area contributed by atoms with Gasteiger partial charge in [0.25, 0.3) is 6.47 Å². The summed E-state index contributed by atoms with van der Waals surface area (Å²) in [5.41, 5.74) is 2.71. The van der Waals surface area contributed by atoms with E-state index < -0.39 is 15.8 Å². The number of carbonyl (C=O) groups excluding carboxylic acids is 1. The number of halogens is 1. The number of nitrogens with zero attached hydrogens (tertiary/aromatic N) is 1. The molecule has 0 radical (unpaired) electrons. The summed E-state index contributed by atoms with van der Waals surface area (Å²) in [6, 6.07) is 9.08. The zero-order valence-electron chi connectivity index (χ0n) is 14.1. The van der Waals surface area contributed by atoms with Gasteiger partial charge in [-0.3, -0.25) is 9.10 Å². The molecule has 0 unspecified atom stereocenters. The van der Waals surface area contributed by atoms with E-state index in [0.29, 0.717) is 39.8 Å². The molecule has 0 N–H and O–H groups in total. The van der Waals surface area contributed by atoms with Crippen molar-refractivity contribution in [3.63, 3.8) is 0 Å². The van der Waals surface area contributed by atoms with Crippen molar-refractivity contribution in [2.75, 3.05) is 17.6 Å². The Bertz CT molecular complexity index is 1060. The maximum Gasteiger partial charge on any atom is 0.293 e. The van der Waals surface area contributed by atoms with Crippen LogP contribution in [-0.2, 0) is 26.2 Å². The minimum atomic E-state index is -3.52. The summed E-state index contributed by atoms with van der Waals surface area (Å²) in [7, 11) is -2.09. The third-order valence-electron chi connectivity index (χ3n) is 4.07. The molecule has 6 nitrogen and oxygen atoms in total. The van der Waals surface area contributed by atoms with Gasteiger partial charge >= 0.3 is 0 Å². The fraction of sp³-hybridized carbons (Fsp3) is 0.167. The lowest BCUT2D eigenvalue weighted by molar-refractivity contribution is -0.129. The number of ether oxygens (including phenoxy) is 1. The number of carbonyl (C=O) groups is 1. The first kappa shape index (κ1) is 17.9. The smallest absolute Gasteiger partial charge is 0.293 e. The molecule has 3 rings (SSSR count). The number of hydrogen-bond donors (Lipinski definition) is 0. The van der Waals surface area contributed by atoms with Gasteiger partial charge in [0, 0.05) is 29.6 Å². The Kier molecular flexibility index (Phi) is 4.69. The zero-order valence-corrected chi connectivity index (χ0v) is 14.9. The van der Waals surface area contributed by atoms with Gasteiger partial charge in [-0.15, -0.1) is 0 Å². The monoisotopic (exact) mass is 377 g/mol. The summed E-state index contributed by atoms with van der Waals surface area (Å²) in [6.07, 6.45) is 2.55. The quantitative estimate of drug-likeness (QED) is 0.616. The van der Waals surface area contributed by atoms with Crippen LogP contribution in [0.5, 0.6) is 0 Å². The van der Waals surface area contributed by atoms with Gasteiger partial charge in [-0.05, 0) is 23.8 Å². The minimum absolute atomic E-state index is 0.0284. The molecular weight excluding hydrogens is 361 g/mol. The van der Waals surface area contributed by atoms with E-state index >= 15 is 0 Å². The van der Waals surface area contributed by atoms with Gasteiger partial charge in [0.05, 0.1) is 18.2 Å². The first-order valence-electron chi connectivity index (χ1n) is 7.60. The predicted octanol–water partition coefficient (Wildman–Crippen LogP) is 3.31. The molecule has 0 aliphatic rings. The van der Waals surface area contributed by atoms with E-state index in [2.05, 4.69) is 0 Å². The van der Waals surface area contributed by atoms with E-state index in [-0.39, 0.29) is 6.61 Å². The van der Waals surface area contributed by atoms with E-state index in [9.17, 15) is 17.6 Å². The normalized spacial score (nSPS) is 11.5. The lowest BCUT2D eigenvalue weighted by Gasteiger charge is -2.20. The highest BCUT2D eigenvalue weighted by molar-refractivity contribution is 7.92. The molecule has 136 valence electrons. The average molecular weight is 377 g/mol.